The lowest BCUT2D eigenvalue weighted by Gasteiger charge is -2.32. The second kappa shape index (κ2) is 30.5. The van der Waals surface area contributed by atoms with E-state index in [9.17, 15) is 4.79 Å². The molecule has 0 atom stereocenters. The molecule has 0 aromatic heterocycles. The Labute approximate surface area is 318 Å². The summed E-state index contributed by atoms with van der Waals surface area (Å²) in [6, 6.07) is 0. The van der Waals surface area contributed by atoms with Crippen LogP contribution in [0.2, 0.25) is 0 Å². The molecule has 1 heterocycles. The highest BCUT2D eigenvalue weighted by Crippen LogP contribution is 2.38. The molecular weight excluding hydrogens is 695 g/mol. The van der Waals surface area contributed by atoms with Gasteiger partial charge in [0.1, 0.15) is 5.60 Å². The van der Waals surface area contributed by atoms with Crippen molar-refractivity contribution in [1.82, 2.24) is 0 Å². The van der Waals surface area contributed by atoms with Crippen LogP contribution < -0.4 is 5.73 Å². The number of hydrogen-bond donors (Lipinski definition) is 1. The molecule has 0 aliphatic carbocycles. The van der Waals surface area contributed by atoms with Gasteiger partial charge in [-0.2, -0.15) is 0 Å². The minimum absolute atomic E-state index is 0.228. The molecule has 53 heavy (non-hydrogen) atoms. The van der Waals surface area contributed by atoms with Crippen LogP contribution in [0.5, 0.6) is 0 Å². The van der Waals surface area contributed by atoms with E-state index in [2.05, 4.69) is 4.99 Å². The molecule has 0 aromatic carbocycles. The lowest BCUT2D eigenvalue weighted by molar-refractivity contribution is -0.156. The van der Waals surface area contributed by atoms with E-state index in [1.807, 2.05) is 48.5 Å². The predicted octanol–water partition coefficient (Wildman–Crippen LogP) is 2.43. The fraction of sp³-hybridized carbons (Fsp3) is 0.889. The third-order valence-corrected chi connectivity index (χ3v) is 7.54. The van der Waals surface area contributed by atoms with Gasteiger partial charge in [-0.15, -0.1) is 0 Å². The predicted molar refractivity (Wildman–Crippen MR) is 200 cm³/mol. The van der Waals surface area contributed by atoms with Crippen molar-refractivity contribution >= 4 is 19.3 Å². The number of aliphatic imine (C=N–C) groups is 1. The van der Waals surface area contributed by atoms with Crippen molar-refractivity contribution in [1.29, 1.82) is 0 Å². The largest absolute Gasteiger partial charge is 0.497 e. The van der Waals surface area contributed by atoms with Crippen LogP contribution in [0.25, 0.3) is 0 Å². The van der Waals surface area contributed by atoms with Crippen molar-refractivity contribution in [2.45, 2.75) is 71.7 Å². The van der Waals surface area contributed by atoms with Gasteiger partial charge < -0.3 is 67.1 Å². The summed E-state index contributed by atoms with van der Waals surface area (Å²) < 4.78 is 72.0. The van der Waals surface area contributed by atoms with Crippen LogP contribution in [-0.2, 0) is 66.2 Å². The summed E-state index contributed by atoms with van der Waals surface area (Å²) in [6.07, 6.45) is 3.36. The Kier molecular flexibility index (Phi) is 28.3. The molecule has 0 spiro atoms. The number of nitrogens with zero attached hydrogens (tertiary/aromatic N) is 1. The Morgan fingerprint density at radius 1 is 0.566 bits per heavy atom. The average molecular weight is 765 g/mol. The smallest absolute Gasteiger partial charge is 0.460 e. The van der Waals surface area contributed by atoms with Gasteiger partial charge in [0.15, 0.2) is 0 Å². The van der Waals surface area contributed by atoms with Crippen molar-refractivity contribution in [2.24, 2.45) is 10.7 Å². The van der Waals surface area contributed by atoms with E-state index in [-0.39, 0.29) is 12.4 Å². The first-order valence-electron chi connectivity index (χ1n) is 18.6. The zero-order valence-corrected chi connectivity index (χ0v) is 33.5. The van der Waals surface area contributed by atoms with Crippen molar-refractivity contribution in [3.63, 3.8) is 0 Å². The fourth-order valence-corrected chi connectivity index (χ4v) is 4.08. The maximum Gasteiger partial charge on any atom is 0.497 e. The van der Waals surface area contributed by atoms with Crippen LogP contribution >= 0.6 is 0 Å². The Morgan fingerprint density at radius 3 is 1.17 bits per heavy atom. The summed E-state index contributed by atoms with van der Waals surface area (Å²) in [5.74, 6) is -0.268. The average Bonchev–Trinajstić information content (AvgIpc) is 3.31. The molecule has 0 saturated carbocycles. The lowest BCUT2D eigenvalue weighted by atomic mass is 9.79. The fourth-order valence-electron chi connectivity index (χ4n) is 4.08. The van der Waals surface area contributed by atoms with Gasteiger partial charge in [-0.05, 0) is 54.7 Å². The van der Waals surface area contributed by atoms with Crippen LogP contribution in [0.15, 0.2) is 16.7 Å². The molecule has 1 fully saturated rings. The van der Waals surface area contributed by atoms with Gasteiger partial charge in [0.2, 0.25) is 0 Å². The summed E-state index contributed by atoms with van der Waals surface area (Å²) in [4.78, 5) is 15.9. The first kappa shape index (κ1) is 49.3. The number of nitrogens with two attached hydrogens (primary N) is 1. The molecule has 17 heteroatoms. The highest BCUT2D eigenvalue weighted by molar-refractivity contribution is 6.60. The molecule has 1 rings (SSSR count). The topological polar surface area (TPSA) is 175 Å². The van der Waals surface area contributed by atoms with Gasteiger partial charge in [-0.1, -0.05) is 0 Å². The molecule has 0 unspecified atom stereocenters. The van der Waals surface area contributed by atoms with Crippen molar-refractivity contribution in [3.05, 3.63) is 11.7 Å². The number of carbonyl (C=O) groups is 1. The molecule has 1 saturated heterocycles. The van der Waals surface area contributed by atoms with Gasteiger partial charge in [0.25, 0.3) is 0 Å². The second-order valence-corrected chi connectivity index (χ2v) is 13.8. The zero-order valence-electron chi connectivity index (χ0n) is 33.5. The first-order chi connectivity index (χ1) is 25.4. The first-order valence-corrected chi connectivity index (χ1v) is 18.6. The Balaban J connectivity index is 1.72. The maximum atomic E-state index is 11.6. The standard InChI is InChI=1S/C36H69BN2O14/c1-34(2,3)51-33(40)8-10-41-12-14-43-16-18-45-20-22-47-24-26-49-28-29-50-27-25-48-23-21-46-19-17-44-15-13-42-11-9-39-31-32(30-38)37-52-35(4,5)36(6,7)53-37/h30-31H,8-29,38H2,1-7H3/b32-30+,39-31?. The highest BCUT2D eigenvalue weighted by Gasteiger charge is 2.52. The van der Waals surface area contributed by atoms with E-state index < -0.39 is 23.9 Å². The summed E-state index contributed by atoms with van der Waals surface area (Å²) >= 11 is 0. The van der Waals surface area contributed by atoms with Gasteiger partial charge >= 0.3 is 13.1 Å². The molecule has 1 aliphatic heterocycles. The van der Waals surface area contributed by atoms with E-state index in [1.165, 1.54) is 6.20 Å². The number of carbonyl (C=O) groups excluding carboxylic acids is 1. The normalized spacial score (nSPS) is 15.9. The summed E-state index contributed by atoms with van der Waals surface area (Å²) in [5.41, 5.74) is 5.09. The van der Waals surface area contributed by atoms with Crippen LogP contribution in [0.1, 0.15) is 54.9 Å². The quantitative estimate of drug-likeness (QED) is 0.0431. The summed E-state index contributed by atoms with van der Waals surface area (Å²) in [5, 5.41) is 0. The van der Waals surface area contributed by atoms with Crippen LogP contribution in [-0.4, -0.2) is 175 Å². The maximum absolute atomic E-state index is 11.6. The molecule has 0 radical (unpaired) electrons. The number of hydrogen-bond acceptors (Lipinski definition) is 16. The summed E-state index contributed by atoms with van der Waals surface area (Å²) in [6.45, 7) is 23.3. The van der Waals surface area contributed by atoms with Crippen molar-refractivity contribution in [2.75, 3.05) is 139 Å². The molecular formula is C36H69BN2O14. The van der Waals surface area contributed by atoms with E-state index in [0.29, 0.717) is 144 Å². The van der Waals surface area contributed by atoms with Gasteiger partial charge in [0.05, 0.1) is 156 Å². The zero-order chi connectivity index (χ0) is 39.1. The Hall–Kier alpha value is -1.74. The van der Waals surface area contributed by atoms with Crippen LogP contribution in [0.4, 0.5) is 0 Å². The molecule has 1 aliphatic rings. The highest BCUT2D eigenvalue weighted by atomic mass is 16.7. The van der Waals surface area contributed by atoms with Crippen LogP contribution in [0, 0.1) is 0 Å². The minimum Gasteiger partial charge on any atom is -0.460 e. The van der Waals surface area contributed by atoms with E-state index in [4.69, 9.17) is 67.1 Å². The Bertz CT molecular complexity index is 949. The number of ether oxygens (including phenoxy) is 11. The lowest BCUT2D eigenvalue weighted by Crippen LogP contribution is -2.41. The van der Waals surface area contributed by atoms with E-state index in [0.717, 1.165) is 0 Å². The van der Waals surface area contributed by atoms with Crippen LogP contribution in [0.3, 0.4) is 0 Å². The van der Waals surface area contributed by atoms with Crippen molar-refractivity contribution in [3.8, 4) is 0 Å². The summed E-state index contributed by atoms with van der Waals surface area (Å²) in [7, 11) is -0.539. The molecule has 0 bridgehead atoms. The van der Waals surface area contributed by atoms with Gasteiger partial charge in [-0.25, -0.2) is 0 Å². The monoisotopic (exact) mass is 764 g/mol. The van der Waals surface area contributed by atoms with Gasteiger partial charge in [-0.3, -0.25) is 9.79 Å². The SMILES string of the molecule is CC(C)(C)OC(=O)CCOCCOCCOCCOCCOCCOCCOCCOCCOCCOCCN=C/C(=C\N)B1OC(C)(C)C(C)(C)O1. The second-order valence-electron chi connectivity index (χ2n) is 13.8. The third-order valence-electron chi connectivity index (χ3n) is 7.54. The third kappa shape index (κ3) is 27.5. The molecule has 16 nitrogen and oxygen atoms in total. The molecule has 0 amide bonds. The number of rotatable bonds is 35. The molecule has 310 valence electrons. The van der Waals surface area contributed by atoms with Crippen molar-refractivity contribution < 1.29 is 66.2 Å². The van der Waals surface area contributed by atoms with Gasteiger partial charge in [0, 0.05) is 11.7 Å². The minimum atomic E-state index is -0.539. The molecule has 0 aromatic rings. The molecule has 2 N–H and O–H groups in total. The van der Waals surface area contributed by atoms with E-state index in [1.54, 1.807) is 6.21 Å². The van der Waals surface area contributed by atoms with E-state index >= 15 is 0 Å². The Morgan fingerprint density at radius 2 is 0.868 bits per heavy atom. The number of allylic oxidation sites excluding steroid dienone is 1. The number of esters is 1.